The SMILES string of the molecule is CCCC(C)(CNC1CC1)CN(C)CCOCC. The van der Waals surface area contributed by atoms with E-state index in [4.69, 9.17) is 4.74 Å². The average molecular weight is 256 g/mol. The zero-order valence-corrected chi connectivity index (χ0v) is 12.8. The Morgan fingerprint density at radius 1 is 1.33 bits per heavy atom. The molecular weight excluding hydrogens is 224 g/mol. The van der Waals surface area contributed by atoms with Crippen LogP contribution in [-0.2, 0) is 4.74 Å². The summed E-state index contributed by atoms with van der Waals surface area (Å²) in [6.45, 7) is 11.8. The fraction of sp³-hybridized carbons (Fsp3) is 1.00. The minimum atomic E-state index is 0.401. The van der Waals surface area contributed by atoms with Crippen molar-refractivity contribution >= 4 is 0 Å². The molecule has 3 heteroatoms. The summed E-state index contributed by atoms with van der Waals surface area (Å²) in [4.78, 5) is 2.42. The predicted octanol–water partition coefficient (Wildman–Crippen LogP) is 2.51. The topological polar surface area (TPSA) is 24.5 Å². The van der Waals surface area contributed by atoms with Gasteiger partial charge in [-0.1, -0.05) is 20.3 Å². The van der Waals surface area contributed by atoms with Crippen LogP contribution in [0.1, 0.15) is 46.5 Å². The average Bonchev–Trinajstić information content (AvgIpc) is 3.11. The number of rotatable bonds is 11. The van der Waals surface area contributed by atoms with Crippen LogP contribution in [0, 0.1) is 5.41 Å². The molecule has 1 atom stereocenters. The lowest BCUT2D eigenvalue weighted by Gasteiger charge is -2.34. The van der Waals surface area contributed by atoms with E-state index in [1.807, 2.05) is 0 Å². The van der Waals surface area contributed by atoms with Crippen molar-refractivity contribution in [3.63, 3.8) is 0 Å². The summed E-state index contributed by atoms with van der Waals surface area (Å²) in [5.41, 5.74) is 0.401. The van der Waals surface area contributed by atoms with Gasteiger partial charge < -0.3 is 15.0 Å². The van der Waals surface area contributed by atoms with E-state index >= 15 is 0 Å². The predicted molar refractivity (Wildman–Crippen MR) is 78.0 cm³/mol. The molecule has 0 aliphatic heterocycles. The second kappa shape index (κ2) is 8.13. The van der Waals surface area contributed by atoms with Crippen LogP contribution < -0.4 is 5.32 Å². The van der Waals surface area contributed by atoms with E-state index in [0.717, 1.165) is 38.9 Å². The molecule has 0 bridgehead atoms. The van der Waals surface area contributed by atoms with Crippen molar-refractivity contribution in [2.24, 2.45) is 5.41 Å². The summed E-state index contributed by atoms with van der Waals surface area (Å²) >= 11 is 0. The van der Waals surface area contributed by atoms with Gasteiger partial charge in [-0.05, 0) is 38.6 Å². The molecule has 0 radical (unpaired) electrons. The van der Waals surface area contributed by atoms with Gasteiger partial charge in [0.1, 0.15) is 0 Å². The third-order valence-corrected chi connectivity index (χ3v) is 3.72. The highest BCUT2D eigenvalue weighted by molar-refractivity contribution is 4.86. The number of nitrogens with one attached hydrogen (secondary N) is 1. The van der Waals surface area contributed by atoms with E-state index in [9.17, 15) is 0 Å². The van der Waals surface area contributed by atoms with Crippen molar-refractivity contribution in [2.75, 3.05) is 39.9 Å². The smallest absolute Gasteiger partial charge is 0.0593 e. The van der Waals surface area contributed by atoms with Crippen molar-refractivity contribution in [2.45, 2.75) is 52.5 Å². The third-order valence-electron chi connectivity index (χ3n) is 3.72. The Morgan fingerprint density at radius 3 is 2.61 bits per heavy atom. The second-order valence-electron chi connectivity index (χ2n) is 6.15. The number of nitrogens with zero attached hydrogens (tertiary/aromatic N) is 1. The molecule has 1 saturated carbocycles. The maximum atomic E-state index is 5.43. The Hall–Kier alpha value is -0.120. The van der Waals surface area contributed by atoms with Gasteiger partial charge in [-0.25, -0.2) is 0 Å². The Labute approximate surface area is 113 Å². The summed E-state index contributed by atoms with van der Waals surface area (Å²) < 4.78 is 5.43. The van der Waals surface area contributed by atoms with Gasteiger partial charge in [-0.2, -0.15) is 0 Å². The van der Waals surface area contributed by atoms with Crippen LogP contribution in [0.2, 0.25) is 0 Å². The fourth-order valence-corrected chi connectivity index (χ4v) is 2.60. The molecular formula is C15H32N2O. The minimum Gasteiger partial charge on any atom is -0.380 e. The first-order chi connectivity index (χ1) is 8.59. The largest absolute Gasteiger partial charge is 0.380 e. The highest BCUT2D eigenvalue weighted by Crippen LogP contribution is 2.26. The monoisotopic (exact) mass is 256 g/mol. The molecule has 1 unspecified atom stereocenters. The lowest BCUT2D eigenvalue weighted by Crippen LogP contribution is -2.42. The number of ether oxygens (including phenoxy) is 1. The number of hydrogen-bond acceptors (Lipinski definition) is 3. The minimum absolute atomic E-state index is 0.401. The molecule has 1 N–H and O–H groups in total. The fourth-order valence-electron chi connectivity index (χ4n) is 2.60. The molecule has 1 aliphatic rings. The number of hydrogen-bond donors (Lipinski definition) is 1. The van der Waals surface area contributed by atoms with E-state index < -0.39 is 0 Å². The van der Waals surface area contributed by atoms with Crippen molar-refractivity contribution < 1.29 is 4.74 Å². The Kier molecular flexibility index (Phi) is 7.20. The summed E-state index contributed by atoms with van der Waals surface area (Å²) in [6, 6.07) is 0.815. The maximum absolute atomic E-state index is 5.43. The van der Waals surface area contributed by atoms with Crippen LogP contribution in [-0.4, -0.2) is 50.8 Å². The molecule has 0 saturated heterocycles. The van der Waals surface area contributed by atoms with Crippen LogP contribution in [0.3, 0.4) is 0 Å². The Bertz CT molecular complexity index is 219. The van der Waals surface area contributed by atoms with E-state index in [1.165, 1.54) is 25.7 Å². The van der Waals surface area contributed by atoms with Gasteiger partial charge in [0.2, 0.25) is 0 Å². The van der Waals surface area contributed by atoms with Crippen LogP contribution in [0.25, 0.3) is 0 Å². The summed E-state index contributed by atoms with van der Waals surface area (Å²) in [5.74, 6) is 0. The molecule has 0 aromatic heterocycles. The van der Waals surface area contributed by atoms with Gasteiger partial charge in [-0.3, -0.25) is 0 Å². The van der Waals surface area contributed by atoms with E-state index in [1.54, 1.807) is 0 Å². The highest BCUT2D eigenvalue weighted by atomic mass is 16.5. The summed E-state index contributed by atoms with van der Waals surface area (Å²) in [5, 5.41) is 3.70. The molecule has 1 aliphatic carbocycles. The van der Waals surface area contributed by atoms with Gasteiger partial charge >= 0.3 is 0 Å². The van der Waals surface area contributed by atoms with E-state index in [-0.39, 0.29) is 0 Å². The normalized spacial score (nSPS) is 19.2. The van der Waals surface area contributed by atoms with Gasteiger partial charge in [0, 0.05) is 32.3 Å². The first-order valence-corrected chi connectivity index (χ1v) is 7.59. The molecule has 1 rings (SSSR count). The maximum Gasteiger partial charge on any atom is 0.0593 e. The summed E-state index contributed by atoms with van der Waals surface area (Å²) in [7, 11) is 2.21. The first kappa shape index (κ1) is 15.9. The first-order valence-electron chi connectivity index (χ1n) is 7.59. The molecule has 0 amide bonds. The number of likely N-dealkylation sites (N-methyl/N-ethyl adjacent to an activating group) is 1. The van der Waals surface area contributed by atoms with Gasteiger partial charge in [0.15, 0.2) is 0 Å². The standard InChI is InChI=1S/C15H32N2O/c1-5-9-15(3,12-16-14-7-8-14)13-17(4)10-11-18-6-2/h14,16H,5-13H2,1-4H3. The van der Waals surface area contributed by atoms with E-state index in [0.29, 0.717) is 5.41 Å². The Morgan fingerprint density at radius 2 is 2.06 bits per heavy atom. The second-order valence-corrected chi connectivity index (χ2v) is 6.15. The van der Waals surface area contributed by atoms with Crippen LogP contribution in [0.15, 0.2) is 0 Å². The van der Waals surface area contributed by atoms with Crippen LogP contribution >= 0.6 is 0 Å². The molecule has 0 heterocycles. The van der Waals surface area contributed by atoms with Crippen molar-refractivity contribution in [1.29, 1.82) is 0 Å². The van der Waals surface area contributed by atoms with Crippen molar-refractivity contribution in [1.82, 2.24) is 10.2 Å². The zero-order chi connectivity index (χ0) is 13.4. The van der Waals surface area contributed by atoms with Crippen molar-refractivity contribution in [3.8, 4) is 0 Å². The molecule has 0 aromatic carbocycles. The van der Waals surface area contributed by atoms with Crippen molar-refractivity contribution in [3.05, 3.63) is 0 Å². The molecule has 0 spiro atoms. The highest BCUT2D eigenvalue weighted by Gasteiger charge is 2.28. The van der Waals surface area contributed by atoms with E-state index in [2.05, 4.69) is 38.0 Å². The lowest BCUT2D eigenvalue weighted by atomic mass is 9.85. The summed E-state index contributed by atoms with van der Waals surface area (Å²) in [6.07, 6.45) is 5.32. The quantitative estimate of drug-likeness (QED) is 0.575. The zero-order valence-electron chi connectivity index (χ0n) is 12.8. The lowest BCUT2D eigenvalue weighted by molar-refractivity contribution is 0.100. The van der Waals surface area contributed by atoms with Crippen LogP contribution in [0.5, 0.6) is 0 Å². The third kappa shape index (κ3) is 6.72. The molecule has 0 aromatic rings. The molecule has 18 heavy (non-hydrogen) atoms. The Balaban J connectivity index is 2.28. The van der Waals surface area contributed by atoms with Crippen LogP contribution in [0.4, 0.5) is 0 Å². The molecule has 108 valence electrons. The van der Waals surface area contributed by atoms with Gasteiger partial charge in [0.05, 0.1) is 6.61 Å². The van der Waals surface area contributed by atoms with Gasteiger partial charge in [-0.15, -0.1) is 0 Å². The molecule has 3 nitrogen and oxygen atoms in total. The van der Waals surface area contributed by atoms with Gasteiger partial charge in [0.25, 0.3) is 0 Å². The molecule has 1 fully saturated rings.